The second-order valence-corrected chi connectivity index (χ2v) is 6.44. The first-order chi connectivity index (χ1) is 8.87. The topological polar surface area (TPSA) is 92.6 Å². The summed E-state index contributed by atoms with van der Waals surface area (Å²) in [6.07, 6.45) is 1.68. The number of benzene rings is 1. The Kier molecular flexibility index (Phi) is 3.46. The van der Waals surface area contributed by atoms with E-state index in [9.17, 15) is 18.5 Å². The van der Waals surface area contributed by atoms with Gasteiger partial charge in [0.25, 0.3) is 5.69 Å². The van der Waals surface area contributed by atoms with E-state index < -0.39 is 14.9 Å². The lowest BCUT2D eigenvalue weighted by molar-refractivity contribution is -0.384. The van der Waals surface area contributed by atoms with Crippen LogP contribution in [0.3, 0.4) is 0 Å². The van der Waals surface area contributed by atoms with Gasteiger partial charge in [0.1, 0.15) is 5.69 Å². The number of nitrogens with one attached hydrogen (secondary N) is 1. The van der Waals surface area contributed by atoms with Gasteiger partial charge in [0, 0.05) is 26.2 Å². The fraction of sp³-hybridized carbons (Fsp3) is 0.455. The molecule has 19 heavy (non-hydrogen) atoms. The zero-order valence-corrected chi connectivity index (χ0v) is 11.5. The predicted molar refractivity (Wildman–Crippen MR) is 70.6 cm³/mol. The van der Waals surface area contributed by atoms with Crippen LogP contribution in [0.2, 0.25) is 0 Å². The van der Waals surface area contributed by atoms with Crippen molar-refractivity contribution in [2.24, 2.45) is 0 Å². The van der Waals surface area contributed by atoms with Gasteiger partial charge in [-0.2, -0.15) is 4.31 Å². The summed E-state index contributed by atoms with van der Waals surface area (Å²) >= 11 is 0. The highest BCUT2D eigenvalue weighted by Crippen LogP contribution is 2.33. The predicted octanol–water partition coefficient (Wildman–Crippen LogP) is 1.42. The van der Waals surface area contributed by atoms with Crippen LogP contribution in [0.15, 0.2) is 23.1 Å². The van der Waals surface area contributed by atoms with Gasteiger partial charge in [0.2, 0.25) is 10.0 Å². The molecule has 0 amide bonds. The van der Waals surface area contributed by atoms with Crippen molar-refractivity contribution in [3.05, 3.63) is 28.3 Å². The highest BCUT2D eigenvalue weighted by molar-refractivity contribution is 7.89. The van der Waals surface area contributed by atoms with Gasteiger partial charge in [0.15, 0.2) is 0 Å². The van der Waals surface area contributed by atoms with Crippen LogP contribution in [0.5, 0.6) is 0 Å². The molecule has 1 N–H and O–H groups in total. The summed E-state index contributed by atoms with van der Waals surface area (Å²) in [5.74, 6) is 0. The van der Waals surface area contributed by atoms with Crippen LogP contribution >= 0.6 is 0 Å². The molecule has 0 atom stereocenters. The summed E-state index contributed by atoms with van der Waals surface area (Å²) in [4.78, 5) is 10.3. The molecule has 1 fully saturated rings. The highest BCUT2D eigenvalue weighted by atomic mass is 32.2. The number of sulfonamides is 1. The van der Waals surface area contributed by atoms with Crippen LogP contribution < -0.4 is 5.32 Å². The molecule has 1 aliphatic carbocycles. The molecule has 104 valence electrons. The normalized spacial score (nSPS) is 15.5. The molecule has 1 aliphatic rings. The summed E-state index contributed by atoms with van der Waals surface area (Å²) < 4.78 is 25.8. The summed E-state index contributed by atoms with van der Waals surface area (Å²) in [6, 6.07) is 3.91. The SMILES string of the molecule is CNc1ccc(S(=O)(=O)N(C)C2CC2)cc1[N+](=O)[O-]. The van der Waals surface area contributed by atoms with E-state index >= 15 is 0 Å². The van der Waals surface area contributed by atoms with Crippen LogP contribution in [-0.4, -0.2) is 37.8 Å². The molecule has 1 aromatic rings. The molecule has 0 heterocycles. The van der Waals surface area contributed by atoms with Crippen molar-refractivity contribution in [3.63, 3.8) is 0 Å². The van der Waals surface area contributed by atoms with Gasteiger partial charge in [-0.1, -0.05) is 0 Å². The molecule has 2 rings (SSSR count). The van der Waals surface area contributed by atoms with E-state index in [0.29, 0.717) is 0 Å². The fourth-order valence-electron chi connectivity index (χ4n) is 1.84. The Labute approximate surface area is 111 Å². The number of anilines is 1. The second kappa shape index (κ2) is 4.78. The van der Waals surface area contributed by atoms with E-state index in [4.69, 9.17) is 0 Å². The number of nitro groups is 1. The van der Waals surface area contributed by atoms with Crippen LogP contribution in [0.4, 0.5) is 11.4 Å². The lowest BCUT2D eigenvalue weighted by Crippen LogP contribution is -2.29. The maximum Gasteiger partial charge on any atom is 0.293 e. The van der Waals surface area contributed by atoms with Crippen molar-refractivity contribution in [2.75, 3.05) is 19.4 Å². The Morgan fingerprint density at radius 2 is 2.05 bits per heavy atom. The van der Waals surface area contributed by atoms with E-state index in [-0.39, 0.29) is 22.3 Å². The third-order valence-electron chi connectivity index (χ3n) is 3.17. The van der Waals surface area contributed by atoms with Crippen molar-refractivity contribution in [1.82, 2.24) is 4.31 Å². The molecule has 1 saturated carbocycles. The first kappa shape index (κ1) is 13.8. The molecule has 7 nitrogen and oxygen atoms in total. The molecule has 0 unspecified atom stereocenters. The van der Waals surface area contributed by atoms with Crippen molar-refractivity contribution in [2.45, 2.75) is 23.8 Å². The zero-order valence-electron chi connectivity index (χ0n) is 10.7. The largest absolute Gasteiger partial charge is 0.383 e. The minimum absolute atomic E-state index is 0.0213. The van der Waals surface area contributed by atoms with E-state index in [0.717, 1.165) is 18.9 Å². The van der Waals surface area contributed by atoms with Gasteiger partial charge < -0.3 is 5.32 Å². The molecule has 0 saturated heterocycles. The van der Waals surface area contributed by atoms with Crippen LogP contribution in [0, 0.1) is 10.1 Å². The standard InChI is InChI=1S/C11H15N3O4S/c1-12-10-6-5-9(7-11(10)14(15)16)19(17,18)13(2)8-3-4-8/h5-8,12H,3-4H2,1-2H3. The van der Waals surface area contributed by atoms with Crippen LogP contribution in [0.25, 0.3) is 0 Å². The lowest BCUT2D eigenvalue weighted by Gasteiger charge is -2.16. The summed E-state index contributed by atoms with van der Waals surface area (Å²) in [7, 11) is -0.602. The third kappa shape index (κ3) is 2.54. The van der Waals surface area contributed by atoms with E-state index in [1.807, 2.05) is 0 Å². The van der Waals surface area contributed by atoms with Crippen molar-refractivity contribution >= 4 is 21.4 Å². The minimum atomic E-state index is -3.66. The lowest BCUT2D eigenvalue weighted by atomic mass is 10.3. The van der Waals surface area contributed by atoms with Crippen LogP contribution in [0.1, 0.15) is 12.8 Å². The average molecular weight is 285 g/mol. The van der Waals surface area contributed by atoms with Gasteiger partial charge in [-0.3, -0.25) is 10.1 Å². The van der Waals surface area contributed by atoms with Crippen molar-refractivity contribution in [3.8, 4) is 0 Å². The smallest absolute Gasteiger partial charge is 0.293 e. The van der Waals surface area contributed by atoms with Gasteiger partial charge in [-0.05, 0) is 25.0 Å². The first-order valence-electron chi connectivity index (χ1n) is 5.82. The summed E-state index contributed by atoms with van der Waals surface area (Å²) in [6.45, 7) is 0. The number of hydrogen-bond donors (Lipinski definition) is 1. The number of nitrogens with zero attached hydrogens (tertiary/aromatic N) is 2. The van der Waals surface area contributed by atoms with Gasteiger partial charge in [-0.25, -0.2) is 8.42 Å². The molecule has 0 spiro atoms. The van der Waals surface area contributed by atoms with E-state index in [1.54, 1.807) is 7.05 Å². The number of rotatable bonds is 5. The molecule has 0 aromatic heterocycles. The van der Waals surface area contributed by atoms with Gasteiger partial charge in [-0.15, -0.1) is 0 Å². The molecular weight excluding hydrogens is 270 g/mol. The monoisotopic (exact) mass is 285 g/mol. The van der Waals surface area contributed by atoms with Crippen molar-refractivity contribution in [1.29, 1.82) is 0 Å². The summed E-state index contributed by atoms with van der Waals surface area (Å²) in [5.41, 5.74) is 0.0470. The Balaban J connectivity index is 2.45. The molecule has 0 bridgehead atoms. The van der Waals surface area contributed by atoms with E-state index in [2.05, 4.69) is 5.32 Å². The molecule has 0 aliphatic heterocycles. The summed E-state index contributed by atoms with van der Waals surface area (Å²) in [5, 5.41) is 13.6. The molecule has 1 aromatic carbocycles. The van der Waals surface area contributed by atoms with E-state index in [1.165, 1.54) is 23.5 Å². The highest BCUT2D eigenvalue weighted by Gasteiger charge is 2.35. The maximum atomic E-state index is 12.3. The molecule has 8 heteroatoms. The van der Waals surface area contributed by atoms with Gasteiger partial charge in [0.05, 0.1) is 9.82 Å². The average Bonchev–Trinajstić information content (AvgIpc) is 3.21. The molecule has 0 radical (unpaired) electrons. The first-order valence-corrected chi connectivity index (χ1v) is 7.26. The second-order valence-electron chi connectivity index (χ2n) is 4.44. The quantitative estimate of drug-likeness (QED) is 0.652. The Bertz CT molecular complexity index is 610. The van der Waals surface area contributed by atoms with Crippen LogP contribution in [-0.2, 0) is 10.0 Å². The van der Waals surface area contributed by atoms with Gasteiger partial charge >= 0.3 is 0 Å². The maximum absolute atomic E-state index is 12.3. The Morgan fingerprint density at radius 3 is 2.53 bits per heavy atom. The Hall–Kier alpha value is -1.67. The zero-order chi connectivity index (χ0) is 14.2. The Morgan fingerprint density at radius 1 is 1.42 bits per heavy atom. The number of hydrogen-bond acceptors (Lipinski definition) is 5. The third-order valence-corrected chi connectivity index (χ3v) is 5.08. The van der Waals surface area contributed by atoms with Crippen molar-refractivity contribution < 1.29 is 13.3 Å². The fourth-order valence-corrected chi connectivity index (χ4v) is 3.27. The molecular formula is C11H15N3O4S. The number of nitro benzene ring substituents is 1. The minimum Gasteiger partial charge on any atom is -0.383 e.